The van der Waals surface area contributed by atoms with Gasteiger partial charge in [0.05, 0.1) is 30.4 Å². The van der Waals surface area contributed by atoms with Gasteiger partial charge in [0.1, 0.15) is 30.9 Å². The smallest absolute Gasteiger partial charge is 0.321 e. The summed E-state index contributed by atoms with van der Waals surface area (Å²) in [6, 6.07) is 17.8. The van der Waals surface area contributed by atoms with E-state index in [4.69, 9.17) is 18.8 Å². The Balaban J connectivity index is 0.000000473. The third kappa shape index (κ3) is 21.9. The molecule has 4 aromatic rings. The Morgan fingerprint density at radius 1 is 0.970 bits per heavy atom. The van der Waals surface area contributed by atoms with E-state index in [-0.39, 0.29) is 6.16 Å². The molecule has 0 radical (unpaired) electrons. The first-order valence-corrected chi connectivity index (χ1v) is 25.6. The van der Waals surface area contributed by atoms with Gasteiger partial charge >= 0.3 is 7.52 Å². The molecule has 4 atom stereocenters. The predicted molar refractivity (Wildman–Crippen MR) is 276 cm³/mol. The maximum atomic E-state index is 13.4. The normalized spacial score (nSPS) is 17.5. The number of benzene rings is 2. The first kappa shape index (κ1) is 60.4. The van der Waals surface area contributed by atoms with Crippen LogP contribution in [0, 0.1) is 17.8 Å². The molecule has 3 fully saturated rings. The van der Waals surface area contributed by atoms with Gasteiger partial charge in [-0.2, -0.15) is 0 Å². The Hall–Kier alpha value is -4.58. The molecule has 15 heteroatoms. The highest BCUT2D eigenvalue weighted by Gasteiger charge is 2.59. The maximum Gasteiger partial charge on any atom is 0.321 e. The number of nitrogens with one attached hydrogen (secondary N) is 2. The highest BCUT2D eigenvalue weighted by atomic mass is 32.1. The first-order valence-electron chi connectivity index (χ1n) is 23.0. The quantitative estimate of drug-likeness (QED) is 0.0503. The average molecular weight is 964 g/mol. The van der Waals surface area contributed by atoms with Crippen LogP contribution in [0.25, 0.3) is 10.1 Å². The molecule has 2 aliphatic heterocycles. The molecule has 0 bridgehead atoms. The number of aromatic nitrogens is 1. The second-order valence-corrected chi connectivity index (χ2v) is 19.6. The van der Waals surface area contributed by atoms with Crippen LogP contribution in [0.2, 0.25) is 0 Å². The zero-order chi connectivity index (χ0) is 50.1. The minimum atomic E-state index is -3.36. The maximum absolute atomic E-state index is 13.4. The van der Waals surface area contributed by atoms with Crippen molar-refractivity contribution in [1.29, 1.82) is 0 Å². The molecule has 67 heavy (non-hydrogen) atoms. The van der Waals surface area contributed by atoms with Crippen LogP contribution in [-0.2, 0) is 29.8 Å². The second kappa shape index (κ2) is 34.7. The van der Waals surface area contributed by atoms with Crippen molar-refractivity contribution in [3.8, 4) is 23.3 Å². The van der Waals surface area contributed by atoms with E-state index in [1.54, 1.807) is 57.7 Å². The molecule has 2 N–H and O–H groups in total. The number of likely N-dealkylation sites (tertiary alicyclic amines) is 2. The van der Waals surface area contributed by atoms with Crippen LogP contribution in [0.15, 0.2) is 73.1 Å². The molecule has 2 saturated heterocycles. The van der Waals surface area contributed by atoms with Crippen LogP contribution < -0.4 is 19.7 Å². The summed E-state index contributed by atoms with van der Waals surface area (Å²) in [6.45, 7) is 14.3. The monoisotopic (exact) mass is 964 g/mol. The number of fused-ring (bicyclic) bond motifs is 1. The van der Waals surface area contributed by atoms with Crippen LogP contribution in [0.1, 0.15) is 106 Å². The fourth-order valence-electron chi connectivity index (χ4n) is 7.43. The number of likely N-dealkylation sites (N-methyl/N-ethyl adjacent to an activating group) is 1. The summed E-state index contributed by atoms with van der Waals surface area (Å²) >= 11 is 1.41. The molecular formula is C52H78N5O8PS. The van der Waals surface area contributed by atoms with Crippen molar-refractivity contribution < 1.29 is 37.7 Å². The lowest BCUT2D eigenvalue weighted by atomic mass is 9.85. The number of unbranched alkanes of at least 4 members (excludes halogenated alkanes) is 2. The summed E-state index contributed by atoms with van der Waals surface area (Å²) in [5, 5.41) is 6.49. The first-order chi connectivity index (χ1) is 32.4. The zero-order valence-electron chi connectivity index (χ0n) is 41.8. The van der Waals surface area contributed by atoms with Crippen LogP contribution in [-0.4, -0.2) is 121 Å². The average Bonchev–Trinajstić information content (AvgIpc) is 3.67. The van der Waals surface area contributed by atoms with Gasteiger partial charge in [-0.15, -0.1) is 17.3 Å². The number of aldehydes is 3. The number of hydrogen-bond acceptors (Lipinski definition) is 13. The molecule has 1 spiro atoms. The van der Waals surface area contributed by atoms with Gasteiger partial charge < -0.3 is 38.6 Å². The Labute approximate surface area is 405 Å². The summed E-state index contributed by atoms with van der Waals surface area (Å²) in [4.78, 5) is 49.3. The highest BCUT2D eigenvalue weighted by Crippen LogP contribution is 2.57. The van der Waals surface area contributed by atoms with Crippen LogP contribution in [0.5, 0.6) is 11.5 Å². The molecule has 7 rings (SSSR count). The fourth-order valence-corrected chi connectivity index (χ4v) is 10.3. The van der Waals surface area contributed by atoms with Crippen molar-refractivity contribution in [3.05, 3.63) is 89.1 Å². The largest absolute Gasteiger partial charge is 0.495 e. The number of carbonyl (C=O) groups excluding carboxylic acids is 4. The summed E-state index contributed by atoms with van der Waals surface area (Å²) in [7, 11) is 8.19. The van der Waals surface area contributed by atoms with Gasteiger partial charge in [0, 0.05) is 55.0 Å². The highest BCUT2D eigenvalue weighted by molar-refractivity contribution is 7.56. The Kier molecular flexibility index (Phi) is 31.3. The summed E-state index contributed by atoms with van der Waals surface area (Å²) in [5.41, 5.74) is 2.39. The molecule has 370 valence electrons. The van der Waals surface area contributed by atoms with Gasteiger partial charge in [-0.3, -0.25) is 19.2 Å². The molecule has 3 unspecified atom stereocenters. The van der Waals surface area contributed by atoms with E-state index in [0.29, 0.717) is 34.3 Å². The second-order valence-electron chi connectivity index (χ2n) is 16.4. The predicted octanol–water partition coefficient (Wildman–Crippen LogP) is 9.74. The number of carbonyl (C=O) groups is 4. The summed E-state index contributed by atoms with van der Waals surface area (Å²) in [5.74, 6) is 8.76. The minimum absolute atomic E-state index is 0.127. The molecule has 3 aliphatic rings. The van der Waals surface area contributed by atoms with E-state index < -0.39 is 13.6 Å². The van der Waals surface area contributed by atoms with E-state index in [9.17, 15) is 18.9 Å². The van der Waals surface area contributed by atoms with Crippen molar-refractivity contribution >= 4 is 54.6 Å². The van der Waals surface area contributed by atoms with E-state index in [1.165, 1.54) is 55.7 Å². The summed E-state index contributed by atoms with van der Waals surface area (Å²) < 4.78 is 30.1. The van der Waals surface area contributed by atoms with Crippen molar-refractivity contribution in [3.63, 3.8) is 0 Å². The number of pyridine rings is 1. The lowest BCUT2D eigenvalue weighted by Gasteiger charge is -2.22. The molecule has 1 saturated carbocycles. The molecular weight excluding hydrogens is 886 g/mol. The molecule has 13 nitrogen and oxygen atoms in total. The topological polar surface area (TPSA) is 156 Å². The van der Waals surface area contributed by atoms with Gasteiger partial charge in [0.15, 0.2) is 6.29 Å². The van der Waals surface area contributed by atoms with Crippen molar-refractivity contribution in [2.45, 2.75) is 103 Å². The van der Waals surface area contributed by atoms with E-state index in [2.05, 4.69) is 71.0 Å². The SMILES string of the molecule is C=O.CC#CC1[C@H](c2cncc(OC)c2)CN(C)C12CC2.CC(C=O)NP(=O)(Cc1ccc2sc(C=O)cc2c1)Oc1ccccc1.CCCCC=O.CCCOC.CN1CCCC1.CNC. The molecule has 2 aromatic carbocycles. The van der Waals surface area contributed by atoms with Crippen LogP contribution in [0.4, 0.5) is 0 Å². The lowest BCUT2D eigenvalue weighted by Crippen LogP contribution is -2.30. The van der Waals surface area contributed by atoms with Crippen molar-refractivity contribution in [2.24, 2.45) is 5.92 Å². The number of thiophene rings is 1. The number of rotatable bonds is 15. The Morgan fingerprint density at radius 3 is 2.12 bits per heavy atom. The van der Waals surface area contributed by atoms with E-state index in [0.717, 1.165) is 72.8 Å². The van der Waals surface area contributed by atoms with Crippen molar-refractivity contribution in [2.75, 3.05) is 68.7 Å². The van der Waals surface area contributed by atoms with Gasteiger partial charge in [-0.25, -0.2) is 5.09 Å². The van der Waals surface area contributed by atoms with E-state index in [1.807, 2.05) is 58.3 Å². The standard InChI is InChI=1S/C19H18NO4PS.C16H20N2O.C5H11N.C5H10O.C4H10O.C2H7N.CH2O/c1-14(11-21)20-25(23,24-17-5-3-2-4-6-17)13-15-7-8-19-16(9-15)10-18(12-22)26-19;1-4-5-15-14(11-18(2)16(15)6-7-16)12-8-13(19-3)10-17-9-12;1-6-4-2-3-5-6;1-2-3-4-5-6;1-3-4-5-2;1-3-2;1-2/h2-12,14H,13H2,1H3,(H,20,23);8-10,14-15H,6-7,11H2,1-3H3;2-5H2,1H3;5H,2-4H2,1H3;3-4H2,1-2H3;3H,1-2H3;1H2/t;14-,15?;;;;;/m.0...../s1. The van der Waals surface area contributed by atoms with Gasteiger partial charge in [0.2, 0.25) is 0 Å². The number of methoxy groups -OCH3 is 2. The van der Waals surface area contributed by atoms with E-state index >= 15 is 0 Å². The number of ether oxygens (including phenoxy) is 2. The molecule has 1 aliphatic carbocycles. The number of nitrogens with zero attached hydrogens (tertiary/aromatic N) is 3. The van der Waals surface area contributed by atoms with Gasteiger partial charge in [-0.05, 0) is 147 Å². The molecule has 2 aromatic heterocycles. The van der Waals surface area contributed by atoms with Crippen molar-refractivity contribution in [1.82, 2.24) is 25.2 Å². The molecule has 4 heterocycles. The Morgan fingerprint density at radius 2 is 1.64 bits per heavy atom. The van der Waals surface area contributed by atoms with Gasteiger partial charge in [0.25, 0.3) is 0 Å². The fraction of sp³-hybridized carbons (Fsp3) is 0.519. The number of para-hydroxylation sites is 1. The summed E-state index contributed by atoms with van der Waals surface area (Å²) in [6.07, 6.45) is 15.7. The van der Waals surface area contributed by atoms with Crippen LogP contribution in [0.3, 0.4) is 0 Å². The minimum Gasteiger partial charge on any atom is -0.495 e. The lowest BCUT2D eigenvalue weighted by molar-refractivity contribution is -0.109. The molecule has 0 amide bonds. The zero-order valence-corrected chi connectivity index (χ0v) is 43.5. The Bertz CT molecular complexity index is 2080. The van der Waals surface area contributed by atoms with Gasteiger partial charge in [-0.1, -0.05) is 50.5 Å². The number of hydrogen-bond donors (Lipinski definition) is 2. The third-order valence-electron chi connectivity index (χ3n) is 10.8. The van der Waals surface area contributed by atoms with Crippen LogP contribution >= 0.6 is 18.9 Å². The third-order valence-corrected chi connectivity index (χ3v) is 13.9.